The minimum atomic E-state index is 0.0810. The zero-order valence-corrected chi connectivity index (χ0v) is 9.76. The number of nitrogens with two attached hydrogens (primary N) is 1. The normalized spacial score (nSPS) is 16.2. The van der Waals surface area contributed by atoms with Gasteiger partial charge in [0.2, 0.25) is 0 Å². The summed E-state index contributed by atoms with van der Waals surface area (Å²) in [7, 11) is 2.00. The molecule has 4 heteroatoms. The molecule has 4 nitrogen and oxygen atoms in total. The molecule has 1 saturated heterocycles. The maximum Gasteiger partial charge on any atom is 0.253 e. The lowest BCUT2D eigenvalue weighted by molar-refractivity contribution is 0.0608. The van der Waals surface area contributed by atoms with Crippen molar-refractivity contribution >= 4 is 16.8 Å². The third-order valence-corrected chi connectivity index (χ3v) is 3.33. The number of amides is 1. The van der Waals surface area contributed by atoms with Gasteiger partial charge in [0.15, 0.2) is 0 Å². The number of rotatable bonds is 1. The predicted octanol–water partition coefficient (Wildman–Crippen LogP) is 0.961. The Balaban J connectivity index is 1.92. The van der Waals surface area contributed by atoms with Gasteiger partial charge in [-0.2, -0.15) is 0 Å². The van der Waals surface area contributed by atoms with E-state index in [0.717, 1.165) is 16.5 Å². The number of carbonyl (C=O) groups excluding carboxylic acids is 1. The van der Waals surface area contributed by atoms with Gasteiger partial charge < -0.3 is 15.2 Å². The summed E-state index contributed by atoms with van der Waals surface area (Å²) in [5.41, 5.74) is 7.57. The number of hydrogen-bond donors (Lipinski definition) is 1. The van der Waals surface area contributed by atoms with Crippen LogP contribution < -0.4 is 5.73 Å². The molecule has 1 aromatic heterocycles. The summed E-state index contributed by atoms with van der Waals surface area (Å²) in [6, 6.07) is 7.99. The van der Waals surface area contributed by atoms with Crippen LogP contribution in [0.25, 0.3) is 10.9 Å². The summed E-state index contributed by atoms with van der Waals surface area (Å²) in [5, 5.41) is 1.10. The number of likely N-dealkylation sites (tertiary alicyclic amines) is 1. The van der Waals surface area contributed by atoms with Crippen LogP contribution in [0.15, 0.2) is 30.5 Å². The number of benzene rings is 1. The highest BCUT2D eigenvalue weighted by Gasteiger charge is 2.28. The molecule has 0 radical (unpaired) electrons. The van der Waals surface area contributed by atoms with Crippen molar-refractivity contribution in [3.63, 3.8) is 0 Å². The molecule has 1 aliphatic heterocycles. The Morgan fingerprint density at radius 2 is 2.12 bits per heavy atom. The van der Waals surface area contributed by atoms with E-state index in [1.807, 2.05) is 42.1 Å². The summed E-state index contributed by atoms with van der Waals surface area (Å²) >= 11 is 0. The third kappa shape index (κ3) is 1.61. The van der Waals surface area contributed by atoms with Crippen LogP contribution in [-0.4, -0.2) is 34.5 Å². The lowest BCUT2D eigenvalue weighted by Crippen LogP contribution is -2.57. The molecule has 3 rings (SSSR count). The molecule has 1 aliphatic rings. The summed E-state index contributed by atoms with van der Waals surface area (Å²) in [6.07, 6.45) is 2.00. The highest BCUT2D eigenvalue weighted by molar-refractivity contribution is 5.98. The monoisotopic (exact) mass is 229 g/mol. The third-order valence-electron chi connectivity index (χ3n) is 3.33. The van der Waals surface area contributed by atoms with Crippen LogP contribution in [0.5, 0.6) is 0 Å². The zero-order valence-electron chi connectivity index (χ0n) is 9.76. The topological polar surface area (TPSA) is 51.3 Å². The van der Waals surface area contributed by atoms with E-state index in [1.54, 1.807) is 4.90 Å². The van der Waals surface area contributed by atoms with Crippen molar-refractivity contribution in [2.24, 2.45) is 12.8 Å². The van der Waals surface area contributed by atoms with Crippen LogP contribution in [-0.2, 0) is 7.05 Å². The van der Waals surface area contributed by atoms with Crippen molar-refractivity contribution in [1.82, 2.24) is 9.47 Å². The van der Waals surface area contributed by atoms with Gasteiger partial charge in [-0.15, -0.1) is 0 Å². The van der Waals surface area contributed by atoms with Gasteiger partial charge >= 0.3 is 0 Å². The largest absolute Gasteiger partial charge is 0.351 e. The number of aromatic nitrogens is 1. The van der Waals surface area contributed by atoms with Crippen LogP contribution in [0.2, 0.25) is 0 Å². The van der Waals surface area contributed by atoms with Gasteiger partial charge in [0.1, 0.15) is 0 Å². The molecule has 17 heavy (non-hydrogen) atoms. The van der Waals surface area contributed by atoms with Crippen molar-refractivity contribution in [2.45, 2.75) is 6.04 Å². The maximum atomic E-state index is 12.1. The molecule has 0 aliphatic carbocycles. The molecule has 88 valence electrons. The average molecular weight is 229 g/mol. The van der Waals surface area contributed by atoms with E-state index in [4.69, 9.17) is 5.73 Å². The molecule has 2 heterocycles. The van der Waals surface area contributed by atoms with Crippen molar-refractivity contribution in [1.29, 1.82) is 0 Å². The lowest BCUT2D eigenvalue weighted by Gasteiger charge is -2.36. The molecule has 0 unspecified atom stereocenters. The smallest absolute Gasteiger partial charge is 0.253 e. The molecule has 0 atom stereocenters. The van der Waals surface area contributed by atoms with E-state index in [1.165, 1.54) is 0 Å². The highest BCUT2D eigenvalue weighted by atomic mass is 16.2. The van der Waals surface area contributed by atoms with Gasteiger partial charge in [0, 0.05) is 48.8 Å². The minimum Gasteiger partial charge on any atom is -0.351 e. The Kier molecular flexibility index (Phi) is 2.19. The molecule has 2 aromatic rings. The number of aryl methyl sites for hydroxylation is 1. The number of fused-ring (bicyclic) bond motifs is 1. The second-order valence-corrected chi connectivity index (χ2v) is 4.67. The quantitative estimate of drug-likeness (QED) is 0.792. The Morgan fingerprint density at radius 1 is 1.35 bits per heavy atom. The summed E-state index contributed by atoms with van der Waals surface area (Å²) < 4.78 is 2.04. The second-order valence-electron chi connectivity index (χ2n) is 4.67. The first-order valence-electron chi connectivity index (χ1n) is 5.75. The van der Waals surface area contributed by atoms with Crippen LogP contribution in [0, 0.1) is 0 Å². The fraction of sp³-hybridized carbons (Fsp3) is 0.308. The second kappa shape index (κ2) is 3.60. The lowest BCUT2D eigenvalue weighted by atomic mass is 10.1. The number of nitrogens with zero attached hydrogens (tertiary/aromatic N) is 2. The Hall–Kier alpha value is -1.81. The van der Waals surface area contributed by atoms with Crippen LogP contribution in [0.4, 0.5) is 0 Å². The van der Waals surface area contributed by atoms with E-state index >= 15 is 0 Å². The van der Waals surface area contributed by atoms with Gasteiger partial charge in [-0.25, -0.2) is 0 Å². The van der Waals surface area contributed by atoms with Crippen LogP contribution in [0.3, 0.4) is 0 Å². The zero-order chi connectivity index (χ0) is 12.0. The van der Waals surface area contributed by atoms with Crippen molar-refractivity contribution < 1.29 is 4.79 Å². The standard InChI is InChI=1S/C13H15N3O/c1-15-5-4-9-6-10(2-3-12(9)15)13(17)16-7-11(14)8-16/h2-6,11H,7-8,14H2,1H3. The van der Waals surface area contributed by atoms with Crippen molar-refractivity contribution in [2.75, 3.05) is 13.1 Å². The van der Waals surface area contributed by atoms with E-state index in [9.17, 15) is 4.79 Å². The molecule has 1 fully saturated rings. The fourth-order valence-electron chi connectivity index (χ4n) is 2.28. The molecule has 0 saturated carbocycles. The predicted molar refractivity (Wildman–Crippen MR) is 66.8 cm³/mol. The van der Waals surface area contributed by atoms with Crippen LogP contribution in [0.1, 0.15) is 10.4 Å². The van der Waals surface area contributed by atoms with Crippen molar-refractivity contribution in [3.05, 3.63) is 36.0 Å². The Bertz CT molecular complexity index is 581. The van der Waals surface area contributed by atoms with Gasteiger partial charge in [-0.1, -0.05) is 0 Å². The number of carbonyl (C=O) groups is 1. The van der Waals surface area contributed by atoms with E-state index < -0.39 is 0 Å². The van der Waals surface area contributed by atoms with E-state index in [2.05, 4.69) is 0 Å². The Labute approximate surface area is 99.6 Å². The molecule has 1 aromatic carbocycles. The minimum absolute atomic E-state index is 0.0810. The van der Waals surface area contributed by atoms with Gasteiger partial charge in [0.25, 0.3) is 5.91 Å². The van der Waals surface area contributed by atoms with Gasteiger partial charge in [0.05, 0.1) is 0 Å². The highest BCUT2D eigenvalue weighted by Crippen LogP contribution is 2.19. The van der Waals surface area contributed by atoms with E-state index in [0.29, 0.717) is 13.1 Å². The summed E-state index contributed by atoms with van der Waals surface area (Å²) in [4.78, 5) is 13.9. The summed E-state index contributed by atoms with van der Waals surface area (Å²) in [6.45, 7) is 1.34. The fourth-order valence-corrected chi connectivity index (χ4v) is 2.28. The molecule has 2 N–H and O–H groups in total. The first-order valence-corrected chi connectivity index (χ1v) is 5.75. The van der Waals surface area contributed by atoms with Gasteiger partial charge in [-0.3, -0.25) is 4.79 Å². The molecule has 0 spiro atoms. The maximum absolute atomic E-state index is 12.1. The van der Waals surface area contributed by atoms with Crippen molar-refractivity contribution in [3.8, 4) is 0 Å². The first kappa shape index (κ1) is 10.4. The van der Waals surface area contributed by atoms with Gasteiger partial charge in [-0.05, 0) is 24.3 Å². The molecular formula is C13H15N3O. The summed E-state index contributed by atoms with van der Waals surface area (Å²) in [5.74, 6) is 0.0810. The SMILES string of the molecule is Cn1ccc2cc(C(=O)N3CC(N)C3)ccc21. The molecular weight excluding hydrogens is 214 g/mol. The molecule has 1 amide bonds. The number of hydrogen-bond acceptors (Lipinski definition) is 2. The van der Waals surface area contributed by atoms with E-state index in [-0.39, 0.29) is 11.9 Å². The first-order chi connectivity index (χ1) is 8.15. The Morgan fingerprint density at radius 3 is 2.82 bits per heavy atom. The molecule has 0 bridgehead atoms. The van der Waals surface area contributed by atoms with Crippen LogP contribution >= 0.6 is 0 Å². The average Bonchev–Trinajstić information content (AvgIpc) is 2.66.